The highest BCUT2D eigenvalue weighted by Gasteiger charge is 2.47. The first-order chi connectivity index (χ1) is 15.8. The summed E-state index contributed by atoms with van der Waals surface area (Å²) in [7, 11) is -3.46. The Labute approximate surface area is 200 Å². The van der Waals surface area contributed by atoms with Gasteiger partial charge in [0.15, 0.2) is 0 Å². The zero-order chi connectivity index (χ0) is 24.0. The van der Waals surface area contributed by atoms with Crippen molar-refractivity contribution < 1.29 is 13.3 Å². The second-order valence-corrected chi connectivity index (χ2v) is 11.4. The quantitative estimate of drug-likeness (QED) is 0.285. The summed E-state index contributed by atoms with van der Waals surface area (Å²) >= 11 is 0. The number of hydrogen-bond donors (Lipinski definition) is 0. The third-order valence-electron chi connectivity index (χ3n) is 5.63. The molecule has 3 nitrogen and oxygen atoms in total. The van der Waals surface area contributed by atoms with Gasteiger partial charge >= 0.3 is 8.80 Å². The fraction of sp³-hybridized carbons (Fsp3) is 0.310. The van der Waals surface area contributed by atoms with E-state index in [9.17, 15) is 0 Å². The van der Waals surface area contributed by atoms with Gasteiger partial charge in [0.2, 0.25) is 0 Å². The molecule has 0 bridgehead atoms. The fourth-order valence-electron chi connectivity index (χ4n) is 3.80. The molecule has 174 valence electrons. The van der Waals surface area contributed by atoms with Crippen LogP contribution in [-0.4, -0.2) is 8.80 Å². The molecule has 0 spiro atoms. The highest BCUT2D eigenvalue weighted by molar-refractivity contribution is 6.68. The van der Waals surface area contributed by atoms with Crippen LogP contribution < -0.4 is 13.3 Å². The lowest BCUT2D eigenvalue weighted by Crippen LogP contribution is -2.54. The summed E-state index contributed by atoms with van der Waals surface area (Å²) in [6.45, 7) is 17.1. The van der Waals surface area contributed by atoms with Crippen molar-refractivity contribution in [2.45, 2.75) is 59.3 Å². The van der Waals surface area contributed by atoms with Gasteiger partial charge in [-0.1, -0.05) is 103 Å². The predicted molar refractivity (Wildman–Crippen MR) is 139 cm³/mol. The van der Waals surface area contributed by atoms with E-state index in [4.69, 9.17) is 13.3 Å². The Bertz CT molecular complexity index is 942. The van der Waals surface area contributed by atoms with Crippen molar-refractivity contribution >= 4 is 8.80 Å². The summed E-state index contributed by atoms with van der Waals surface area (Å²) in [4.78, 5) is 0. The van der Waals surface area contributed by atoms with Gasteiger partial charge in [0.05, 0.1) is 0 Å². The number of benzene rings is 3. The molecule has 4 heteroatoms. The predicted octanol–water partition coefficient (Wildman–Crippen LogP) is 8.26. The van der Waals surface area contributed by atoms with E-state index in [0.717, 1.165) is 33.9 Å². The van der Waals surface area contributed by atoms with Crippen molar-refractivity contribution in [2.24, 2.45) is 0 Å². The van der Waals surface area contributed by atoms with Gasteiger partial charge in [-0.3, -0.25) is 0 Å². The Morgan fingerprint density at radius 3 is 1.06 bits per heavy atom. The molecular formula is C29H36O3Si. The normalized spacial score (nSPS) is 11.7. The third kappa shape index (κ3) is 5.88. The fourth-order valence-corrected chi connectivity index (χ4v) is 5.65. The highest BCUT2D eigenvalue weighted by Crippen LogP contribution is 2.35. The number of para-hydroxylation sites is 3. The van der Waals surface area contributed by atoms with Gasteiger partial charge in [0, 0.05) is 5.70 Å². The molecule has 3 aromatic carbocycles. The molecule has 0 atom stereocenters. The maximum atomic E-state index is 6.70. The summed E-state index contributed by atoms with van der Waals surface area (Å²) in [6.07, 6.45) is 0. The van der Waals surface area contributed by atoms with E-state index in [1.165, 1.54) is 0 Å². The molecule has 3 rings (SSSR count). The molecule has 0 heterocycles. The van der Waals surface area contributed by atoms with E-state index in [2.05, 4.69) is 66.3 Å². The van der Waals surface area contributed by atoms with E-state index in [-0.39, 0.29) is 0 Å². The molecule has 0 radical (unpaired) electrons. The van der Waals surface area contributed by atoms with Gasteiger partial charge in [-0.2, -0.15) is 0 Å². The third-order valence-corrected chi connectivity index (χ3v) is 7.64. The molecule has 0 aliphatic rings. The Morgan fingerprint density at radius 1 is 0.545 bits per heavy atom. The van der Waals surface area contributed by atoms with Crippen LogP contribution in [0, 0.1) is 0 Å². The monoisotopic (exact) mass is 460 g/mol. The van der Waals surface area contributed by atoms with Crippen LogP contribution in [0.5, 0.6) is 17.2 Å². The Morgan fingerprint density at radius 2 is 0.818 bits per heavy atom. The lowest BCUT2D eigenvalue weighted by atomic mass is 10.0. The zero-order valence-corrected chi connectivity index (χ0v) is 21.7. The average molecular weight is 461 g/mol. The van der Waals surface area contributed by atoms with Crippen LogP contribution >= 0.6 is 0 Å². The van der Waals surface area contributed by atoms with Gasteiger partial charge in [-0.05, 0) is 52.6 Å². The molecule has 0 N–H and O–H groups in total. The standard InChI is InChI=1S/C29H36O3Si/c1-8-33(30-27-18-12-9-15-24(27)21(2)3,31-28-19-13-10-16-25(28)22(4)5)32-29-20-14-11-17-26(29)23(6)7/h8-23H,1H2,2-7H3. The minimum atomic E-state index is -3.46. The smallest absolute Gasteiger partial charge is 0.480 e. The van der Waals surface area contributed by atoms with Gasteiger partial charge in [-0.25, -0.2) is 0 Å². The van der Waals surface area contributed by atoms with Gasteiger partial charge in [-0.15, -0.1) is 0 Å². The summed E-state index contributed by atoms with van der Waals surface area (Å²) in [5, 5.41) is 0. The van der Waals surface area contributed by atoms with E-state index in [1.807, 2.05) is 54.6 Å². The summed E-state index contributed by atoms with van der Waals surface area (Å²) in [5.74, 6) is 3.19. The van der Waals surface area contributed by atoms with Crippen molar-refractivity contribution in [1.82, 2.24) is 0 Å². The first-order valence-electron chi connectivity index (χ1n) is 11.7. The van der Waals surface area contributed by atoms with Crippen LogP contribution in [0.3, 0.4) is 0 Å². The highest BCUT2D eigenvalue weighted by atomic mass is 28.4. The van der Waals surface area contributed by atoms with Crippen LogP contribution in [0.1, 0.15) is 76.0 Å². The minimum absolute atomic E-state index is 0.295. The second-order valence-electron chi connectivity index (χ2n) is 9.19. The molecule has 0 fully saturated rings. The molecular weight excluding hydrogens is 424 g/mol. The maximum absolute atomic E-state index is 6.70. The summed E-state index contributed by atoms with van der Waals surface area (Å²) in [6, 6.07) is 24.2. The first kappa shape index (κ1) is 24.7. The minimum Gasteiger partial charge on any atom is -0.480 e. The van der Waals surface area contributed by atoms with Gasteiger partial charge in [0.1, 0.15) is 17.2 Å². The first-order valence-corrected chi connectivity index (χ1v) is 13.5. The summed E-state index contributed by atoms with van der Waals surface area (Å²) in [5.41, 5.74) is 5.06. The molecule has 0 aromatic heterocycles. The van der Waals surface area contributed by atoms with Crippen molar-refractivity contribution in [3.63, 3.8) is 0 Å². The molecule has 0 aliphatic carbocycles. The second kappa shape index (κ2) is 10.8. The van der Waals surface area contributed by atoms with Crippen molar-refractivity contribution in [2.75, 3.05) is 0 Å². The maximum Gasteiger partial charge on any atom is 0.728 e. The molecule has 0 saturated heterocycles. The summed E-state index contributed by atoms with van der Waals surface area (Å²) < 4.78 is 20.1. The molecule has 0 amide bonds. The Hall–Kier alpha value is -2.98. The largest absolute Gasteiger partial charge is 0.728 e. The van der Waals surface area contributed by atoms with Crippen molar-refractivity contribution in [3.05, 3.63) is 102 Å². The van der Waals surface area contributed by atoms with Crippen LogP contribution in [0.2, 0.25) is 0 Å². The molecule has 0 saturated carbocycles. The topological polar surface area (TPSA) is 27.7 Å². The average Bonchev–Trinajstić information content (AvgIpc) is 2.79. The van der Waals surface area contributed by atoms with E-state index >= 15 is 0 Å². The molecule has 0 unspecified atom stereocenters. The SMILES string of the molecule is C=C[Si](Oc1ccccc1C(C)C)(Oc1ccccc1C(C)C)Oc1ccccc1C(C)C. The van der Waals surface area contributed by atoms with E-state index < -0.39 is 8.80 Å². The number of rotatable bonds is 10. The zero-order valence-electron chi connectivity index (χ0n) is 20.7. The number of hydrogen-bond acceptors (Lipinski definition) is 3. The van der Waals surface area contributed by atoms with Crippen LogP contribution in [0.15, 0.2) is 85.1 Å². The Balaban J connectivity index is 2.12. The molecule has 3 aromatic rings. The van der Waals surface area contributed by atoms with Crippen LogP contribution in [0.4, 0.5) is 0 Å². The van der Waals surface area contributed by atoms with Gasteiger partial charge < -0.3 is 13.3 Å². The molecule has 33 heavy (non-hydrogen) atoms. The van der Waals surface area contributed by atoms with Crippen LogP contribution in [0.25, 0.3) is 0 Å². The lowest BCUT2D eigenvalue weighted by molar-refractivity contribution is 0.274. The van der Waals surface area contributed by atoms with Crippen LogP contribution in [-0.2, 0) is 0 Å². The van der Waals surface area contributed by atoms with E-state index in [0.29, 0.717) is 17.8 Å². The van der Waals surface area contributed by atoms with Gasteiger partial charge in [0.25, 0.3) is 0 Å². The van der Waals surface area contributed by atoms with Crippen molar-refractivity contribution in [3.8, 4) is 17.2 Å². The lowest BCUT2D eigenvalue weighted by Gasteiger charge is -2.31. The molecule has 0 aliphatic heterocycles. The van der Waals surface area contributed by atoms with Crippen molar-refractivity contribution in [1.29, 1.82) is 0 Å². The Kier molecular flexibility index (Phi) is 8.04. The van der Waals surface area contributed by atoms with E-state index in [1.54, 1.807) is 5.70 Å².